The van der Waals surface area contributed by atoms with Gasteiger partial charge in [-0.2, -0.15) is 0 Å². The van der Waals surface area contributed by atoms with Crippen molar-refractivity contribution in [3.63, 3.8) is 0 Å². The fourth-order valence-electron chi connectivity index (χ4n) is 1.45. The standard InChI is InChI=1S/C11H8O2.OSi2/c1-7-6-10(12)8-4-2-3-5-9(8)11(7)13;2-1-3/h2-6H,1H3;. The van der Waals surface area contributed by atoms with Gasteiger partial charge in [0.05, 0.1) is 0 Å². The molecule has 1 aromatic rings. The van der Waals surface area contributed by atoms with Gasteiger partial charge in [0.15, 0.2) is 11.6 Å². The van der Waals surface area contributed by atoms with Crippen molar-refractivity contribution in [2.24, 2.45) is 0 Å². The van der Waals surface area contributed by atoms with Crippen molar-refractivity contribution in [3.8, 4) is 0 Å². The summed E-state index contributed by atoms with van der Waals surface area (Å²) in [5, 5.41) is 0. The average molecular weight is 244 g/mol. The fraction of sp³-hybridized carbons (Fsp3) is 0.0909. The van der Waals surface area contributed by atoms with Crippen molar-refractivity contribution in [2.75, 3.05) is 0 Å². The smallest absolute Gasteiger partial charge is 0.229 e. The molecule has 3 nitrogen and oxygen atoms in total. The highest BCUT2D eigenvalue weighted by atomic mass is 28.3. The molecular weight excluding hydrogens is 236 g/mol. The largest absolute Gasteiger partial charge is 0.458 e. The summed E-state index contributed by atoms with van der Waals surface area (Å²) >= 11 is 0. The number of fused-ring (bicyclic) bond motifs is 1. The van der Waals surface area contributed by atoms with Gasteiger partial charge in [-0.05, 0) is 13.0 Å². The molecule has 0 saturated carbocycles. The van der Waals surface area contributed by atoms with Gasteiger partial charge in [0.25, 0.3) is 0 Å². The number of rotatable bonds is 0. The molecule has 0 amide bonds. The summed E-state index contributed by atoms with van der Waals surface area (Å²) in [4.78, 5) is 23.0. The number of allylic oxidation sites excluding steroid dienone is 2. The zero-order valence-electron chi connectivity index (χ0n) is 8.61. The lowest BCUT2D eigenvalue weighted by atomic mass is 9.90. The van der Waals surface area contributed by atoms with Crippen molar-refractivity contribution >= 4 is 32.5 Å². The van der Waals surface area contributed by atoms with E-state index < -0.39 is 0 Å². The Bertz CT molecular complexity index is 452. The van der Waals surface area contributed by atoms with Crippen LogP contribution in [0.15, 0.2) is 35.9 Å². The molecule has 0 aliphatic heterocycles. The van der Waals surface area contributed by atoms with Crippen molar-refractivity contribution in [1.82, 2.24) is 0 Å². The summed E-state index contributed by atoms with van der Waals surface area (Å²) in [6.07, 6.45) is 1.39. The molecule has 0 atom stereocenters. The number of Topliss-reactive ketones (excluding diaryl/α,β-unsaturated/α-hetero) is 1. The molecule has 16 heavy (non-hydrogen) atoms. The van der Waals surface area contributed by atoms with Crippen LogP contribution >= 0.6 is 0 Å². The first-order valence-corrected chi connectivity index (χ1v) is 5.29. The van der Waals surface area contributed by atoms with Crippen molar-refractivity contribution < 1.29 is 13.7 Å². The first kappa shape index (κ1) is 12.8. The van der Waals surface area contributed by atoms with E-state index in [-0.39, 0.29) is 11.6 Å². The van der Waals surface area contributed by atoms with Crippen LogP contribution in [-0.4, -0.2) is 32.5 Å². The number of hydrogen-bond donors (Lipinski definition) is 0. The Morgan fingerprint density at radius 2 is 1.56 bits per heavy atom. The Balaban J connectivity index is 0.000000386. The van der Waals surface area contributed by atoms with E-state index in [1.54, 1.807) is 31.2 Å². The van der Waals surface area contributed by atoms with Gasteiger partial charge in [0.1, 0.15) is 0 Å². The van der Waals surface area contributed by atoms with Crippen LogP contribution in [0, 0.1) is 0 Å². The third-order valence-corrected chi connectivity index (χ3v) is 2.14. The lowest BCUT2D eigenvalue weighted by Crippen LogP contribution is -2.14. The van der Waals surface area contributed by atoms with Crippen LogP contribution in [0.3, 0.4) is 0 Å². The molecular formula is C11H8O3Si2. The average Bonchev–Trinajstić information content (AvgIpc) is 2.27. The zero-order chi connectivity index (χ0) is 12.1. The van der Waals surface area contributed by atoms with E-state index in [9.17, 15) is 9.59 Å². The van der Waals surface area contributed by atoms with Crippen LogP contribution in [0.2, 0.25) is 0 Å². The normalized spacial score (nSPS) is 13.6. The van der Waals surface area contributed by atoms with E-state index in [4.69, 9.17) is 0 Å². The Morgan fingerprint density at radius 3 is 2.12 bits per heavy atom. The molecule has 0 unspecified atom stereocenters. The molecule has 0 saturated heterocycles. The van der Waals surface area contributed by atoms with Crippen LogP contribution < -0.4 is 0 Å². The molecule has 1 aromatic carbocycles. The van der Waals surface area contributed by atoms with Gasteiger partial charge in [-0.25, -0.2) is 0 Å². The topological polar surface area (TPSA) is 43.4 Å². The Labute approximate surface area is 101 Å². The summed E-state index contributed by atoms with van der Waals surface area (Å²) in [6, 6.07) is 6.89. The molecule has 1 aliphatic rings. The second kappa shape index (κ2) is 5.69. The molecule has 0 spiro atoms. The van der Waals surface area contributed by atoms with E-state index in [2.05, 4.69) is 25.1 Å². The maximum atomic E-state index is 11.5. The molecule has 0 heterocycles. The summed E-state index contributed by atoms with van der Waals surface area (Å²) in [7, 11) is 5.19. The van der Waals surface area contributed by atoms with Gasteiger partial charge < -0.3 is 4.12 Å². The first-order valence-electron chi connectivity index (χ1n) is 4.47. The van der Waals surface area contributed by atoms with E-state index in [1.165, 1.54) is 6.08 Å². The van der Waals surface area contributed by atoms with Gasteiger partial charge in [-0.1, -0.05) is 24.3 Å². The highest BCUT2D eigenvalue weighted by Crippen LogP contribution is 2.20. The zero-order valence-corrected chi connectivity index (χ0v) is 10.6. The number of hydrogen-bond acceptors (Lipinski definition) is 3. The second-order valence-corrected chi connectivity index (χ2v) is 3.98. The third kappa shape index (κ3) is 2.63. The predicted octanol–water partition coefficient (Wildman–Crippen LogP) is 1.18. The summed E-state index contributed by atoms with van der Waals surface area (Å²) in [5.41, 5.74) is 1.55. The first-order chi connectivity index (χ1) is 7.61. The SMILES string of the molecule is CC1=CC(=O)c2ccccc2C1=O.[Si]O[Si]. The maximum absolute atomic E-state index is 11.5. The van der Waals surface area contributed by atoms with Gasteiger partial charge in [-0.3, -0.25) is 9.59 Å². The molecule has 0 N–H and O–H groups in total. The predicted molar refractivity (Wildman–Crippen MR) is 61.5 cm³/mol. The Morgan fingerprint density at radius 1 is 1.06 bits per heavy atom. The Hall–Kier alpha value is -1.31. The van der Waals surface area contributed by atoms with E-state index in [0.717, 1.165) is 0 Å². The van der Waals surface area contributed by atoms with Crippen LogP contribution in [-0.2, 0) is 4.12 Å². The van der Waals surface area contributed by atoms with Crippen LogP contribution in [0.5, 0.6) is 0 Å². The van der Waals surface area contributed by atoms with E-state index >= 15 is 0 Å². The van der Waals surface area contributed by atoms with Crippen molar-refractivity contribution in [1.29, 1.82) is 0 Å². The van der Waals surface area contributed by atoms with Crippen molar-refractivity contribution in [2.45, 2.75) is 6.92 Å². The van der Waals surface area contributed by atoms with Crippen LogP contribution in [0.25, 0.3) is 0 Å². The van der Waals surface area contributed by atoms with Gasteiger partial charge in [-0.15, -0.1) is 0 Å². The summed E-state index contributed by atoms with van der Waals surface area (Å²) in [5.74, 6) is -0.122. The number of carbonyl (C=O) groups is 2. The van der Waals surface area contributed by atoms with Crippen LogP contribution in [0.1, 0.15) is 27.6 Å². The minimum Gasteiger partial charge on any atom is -0.458 e. The highest BCUT2D eigenvalue weighted by molar-refractivity contribution is 6.24. The van der Waals surface area contributed by atoms with E-state index in [1.807, 2.05) is 0 Å². The minimum atomic E-state index is -0.0762. The molecule has 0 bridgehead atoms. The lowest BCUT2D eigenvalue weighted by Gasteiger charge is -2.11. The summed E-state index contributed by atoms with van der Waals surface area (Å²) in [6.45, 7) is 1.66. The highest BCUT2D eigenvalue weighted by Gasteiger charge is 2.21. The molecule has 5 heteroatoms. The quantitative estimate of drug-likeness (QED) is 0.644. The number of ketones is 2. The minimum absolute atomic E-state index is 0.0461. The number of carbonyl (C=O) groups excluding carboxylic acids is 2. The van der Waals surface area contributed by atoms with Gasteiger partial charge in [0, 0.05) is 16.7 Å². The Kier molecular flexibility index (Phi) is 4.54. The monoisotopic (exact) mass is 244 g/mol. The van der Waals surface area contributed by atoms with E-state index in [0.29, 0.717) is 16.7 Å². The van der Waals surface area contributed by atoms with Gasteiger partial charge >= 0.3 is 0 Å². The second-order valence-electron chi connectivity index (χ2n) is 3.17. The van der Waals surface area contributed by atoms with Crippen LogP contribution in [0.4, 0.5) is 0 Å². The van der Waals surface area contributed by atoms with Gasteiger partial charge in [0.2, 0.25) is 21.0 Å². The molecule has 6 radical (unpaired) electrons. The molecule has 2 rings (SSSR count). The fourth-order valence-corrected chi connectivity index (χ4v) is 1.45. The molecule has 0 fully saturated rings. The lowest BCUT2D eigenvalue weighted by molar-refractivity contribution is 0.0984. The molecule has 1 aliphatic carbocycles. The maximum Gasteiger partial charge on any atom is 0.229 e. The molecule has 0 aromatic heterocycles. The molecule has 78 valence electrons. The number of benzene rings is 1. The summed E-state index contributed by atoms with van der Waals surface area (Å²) < 4.78 is 3.86. The third-order valence-electron chi connectivity index (χ3n) is 2.14. The van der Waals surface area contributed by atoms with Crippen molar-refractivity contribution in [3.05, 3.63) is 47.0 Å².